The van der Waals surface area contributed by atoms with Gasteiger partial charge in [-0.25, -0.2) is 9.37 Å². The second-order valence-electron chi connectivity index (χ2n) is 5.77. The lowest BCUT2D eigenvalue weighted by molar-refractivity contribution is 0.0785. The number of rotatable bonds is 3. The van der Waals surface area contributed by atoms with Crippen LogP contribution in [0.4, 0.5) is 4.39 Å². The first-order valence-electron chi connectivity index (χ1n) is 7.75. The van der Waals surface area contributed by atoms with Gasteiger partial charge >= 0.3 is 0 Å². The highest BCUT2D eigenvalue weighted by molar-refractivity contribution is 7.20. The second-order valence-corrected chi connectivity index (χ2v) is 7.58. The van der Waals surface area contributed by atoms with E-state index in [2.05, 4.69) is 4.98 Å². The molecule has 0 N–H and O–H groups in total. The van der Waals surface area contributed by atoms with E-state index in [4.69, 9.17) is 0 Å². The van der Waals surface area contributed by atoms with Crippen LogP contribution in [0.5, 0.6) is 0 Å². The monoisotopic (exact) mass is 358 g/mol. The summed E-state index contributed by atoms with van der Waals surface area (Å²) in [5, 5.41) is 4.68. The van der Waals surface area contributed by atoms with Gasteiger partial charge in [-0.1, -0.05) is 24.3 Å². The van der Waals surface area contributed by atoms with Gasteiger partial charge in [-0.3, -0.25) is 4.79 Å². The van der Waals surface area contributed by atoms with Gasteiger partial charge in [-0.2, -0.15) is 0 Å². The summed E-state index contributed by atoms with van der Waals surface area (Å²) in [5.41, 5.74) is 1.18. The van der Waals surface area contributed by atoms with Crippen molar-refractivity contribution in [1.29, 1.82) is 0 Å². The molecule has 24 heavy (non-hydrogen) atoms. The minimum absolute atomic E-state index is 0.0607. The van der Waals surface area contributed by atoms with E-state index < -0.39 is 0 Å². The number of thiophene rings is 1. The number of carbonyl (C=O) groups excluding carboxylic acids is 1. The maximum Gasteiger partial charge on any atom is 0.273 e. The van der Waals surface area contributed by atoms with Gasteiger partial charge in [0, 0.05) is 24.4 Å². The van der Waals surface area contributed by atoms with Crippen LogP contribution in [0.15, 0.2) is 47.2 Å². The summed E-state index contributed by atoms with van der Waals surface area (Å²) in [6.07, 6.45) is 0.786. The summed E-state index contributed by atoms with van der Waals surface area (Å²) in [6.45, 7) is 1.19. The molecule has 1 amide bonds. The molecule has 1 fully saturated rings. The lowest BCUT2D eigenvalue weighted by Gasteiger charge is -2.15. The summed E-state index contributed by atoms with van der Waals surface area (Å²) in [4.78, 5) is 20.0. The number of aromatic nitrogens is 1. The van der Waals surface area contributed by atoms with Crippen molar-refractivity contribution in [3.8, 4) is 9.88 Å². The first-order valence-corrected chi connectivity index (χ1v) is 9.51. The Balaban J connectivity index is 1.49. The molecule has 1 unspecified atom stereocenters. The fourth-order valence-electron chi connectivity index (χ4n) is 3.05. The summed E-state index contributed by atoms with van der Waals surface area (Å²) in [6, 6.07) is 10.8. The molecule has 6 heteroatoms. The van der Waals surface area contributed by atoms with Gasteiger partial charge in [-0.05, 0) is 29.5 Å². The van der Waals surface area contributed by atoms with Crippen molar-refractivity contribution in [2.24, 2.45) is 0 Å². The fraction of sp³-hybridized carbons (Fsp3) is 0.222. The number of amides is 1. The van der Waals surface area contributed by atoms with Crippen molar-refractivity contribution in [2.75, 3.05) is 13.1 Å². The molecule has 1 saturated heterocycles. The van der Waals surface area contributed by atoms with Crippen molar-refractivity contribution in [3.63, 3.8) is 0 Å². The molecule has 0 bridgehead atoms. The van der Waals surface area contributed by atoms with E-state index in [0.29, 0.717) is 24.3 Å². The van der Waals surface area contributed by atoms with Crippen LogP contribution in [-0.2, 0) is 0 Å². The Labute approximate surface area is 147 Å². The van der Waals surface area contributed by atoms with Crippen molar-refractivity contribution in [1.82, 2.24) is 9.88 Å². The summed E-state index contributed by atoms with van der Waals surface area (Å²) in [5.74, 6) is -0.191. The molecule has 0 saturated carbocycles. The van der Waals surface area contributed by atoms with Crippen LogP contribution in [0.25, 0.3) is 9.88 Å². The Hall–Kier alpha value is -2.05. The maximum absolute atomic E-state index is 13.9. The predicted octanol–water partition coefficient (Wildman–Crippen LogP) is 4.64. The Bertz CT molecular complexity index is 860. The number of hydrogen-bond donors (Lipinski definition) is 0. The third-order valence-corrected chi connectivity index (χ3v) is 6.16. The van der Waals surface area contributed by atoms with Gasteiger partial charge in [-0.15, -0.1) is 22.7 Å². The van der Waals surface area contributed by atoms with E-state index >= 15 is 0 Å². The number of likely N-dealkylation sites (tertiary alicyclic amines) is 1. The van der Waals surface area contributed by atoms with E-state index in [0.717, 1.165) is 16.3 Å². The smallest absolute Gasteiger partial charge is 0.273 e. The van der Waals surface area contributed by atoms with E-state index in [-0.39, 0.29) is 17.6 Å². The summed E-state index contributed by atoms with van der Waals surface area (Å²) < 4.78 is 13.9. The molecule has 3 nitrogen and oxygen atoms in total. The van der Waals surface area contributed by atoms with E-state index in [1.54, 1.807) is 22.3 Å². The minimum Gasteiger partial charge on any atom is -0.337 e. The quantitative estimate of drug-likeness (QED) is 0.683. The van der Waals surface area contributed by atoms with Crippen molar-refractivity contribution in [2.45, 2.75) is 12.3 Å². The van der Waals surface area contributed by atoms with Crippen molar-refractivity contribution < 1.29 is 9.18 Å². The molecule has 4 rings (SSSR count). The Kier molecular flexibility index (Phi) is 4.16. The average molecular weight is 358 g/mol. The number of thiazole rings is 1. The van der Waals surface area contributed by atoms with Crippen molar-refractivity contribution >= 4 is 28.6 Å². The molecule has 3 heterocycles. The maximum atomic E-state index is 13.9. The number of carbonyl (C=O) groups is 1. The minimum atomic E-state index is -0.189. The Morgan fingerprint density at radius 1 is 1.21 bits per heavy atom. The van der Waals surface area contributed by atoms with Gasteiger partial charge in [0.25, 0.3) is 5.91 Å². The van der Waals surface area contributed by atoms with Gasteiger partial charge in [0.2, 0.25) is 0 Å². The summed E-state index contributed by atoms with van der Waals surface area (Å²) >= 11 is 3.10. The van der Waals surface area contributed by atoms with Crippen LogP contribution < -0.4 is 0 Å². The van der Waals surface area contributed by atoms with Crippen LogP contribution in [-0.4, -0.2) is 28.9 Å². The zero-order valence-electron chi connectivity index (χ0n) is 12.8. The molecule has 1 aromatic carbocycles. The third kappa shape index (κ3) is 2.87. The zero-order chi connectivity index (χ0) is 16.5. The number of benzene rings is 1. The van der Waals surface area contributed by atoms with Gasteiger partial charge in [0.1, 0.15) is 16.5 Å². The normalized spacial score (nSPS) is 17.4. The molecule has 1 atom stereocenters. The Morgan fingerprint density at radius 3 is 2.88 bits per heavy atom. The van der Waals surface area contributed by atoms with E-state index in [9.17, 15) is 9.18 Å². The van der Waals surface area contributed by atoms with Gasteiger partial charge in [0.05, 0.1) is 4.88 Å². The van der Waals surface area contributed by atoms with Gasteiger partial charge < -0.3 is 4.90 Å². The van der Waals surface area contributed by atoms with Gasteiger partial charge in [0.15, 0.2) is 0 Å². The van der Waals surface area contributed by atoms with E-state index in [1.165, 1.54) is 17.4 Å². The molecule has 1 aliphatic heterocycles. The largest absolute Gasteiger partial charge is 0.337 e. The second kappa shape index (κ2) is 6.45. The molecular formula is C18H15FN2OS2. The third-order valence-electron chi connectivity index (χ3n) is 4.28. The lowest BCUT2D eigenvalue weighted by atomic mass is 9.98. The standard InChI is InChI=1S/C18H15FN2OS2/c19-14-5-2-1-4-13(14)12-7-8-21(10-12)18(22)15-11-24-17(20-15)16-6-3-9-23-16/h1-6,9,11-12H,7-8,10H2. The summed E-state index contributed by atoms with van der Waals surface area (Å²) in [7, 11) is 0. The molecule has 0 aliphatic carbocycles. The molecule has 1 aliphatic rings. The van der Waals surface area contributed by atoms with Crippen LogP contribution in [0.1, 0.15) is 28.4 Å². The molecule has 0 radical (unpaired) electrons. The van der Waals surface area contributed by atoms with Crippen LogP contribution >= 0.6 is 22.7 Å². The van der Waals surface area contributed by atoms with Crippen LogP contribution in [0.3, 0.4) is 0 Å². The molecule has 3 aromatic rings. The number of nitrogens with zero attached hydrogens (tertiary/aromatic N) is 2. The Morgan fingerprint density at radius 2 is 2.08 bits per heavy atom. The topological polar surface area (TPSA) is 33.2 Å². The number of halogens is 1. The highest BCUT2D eigenvalue weighted by Gasteiger charge is 2.30. The highest BCUT2D eigenvalue weighted by atomic mass is 32.1. The lowest BCUT2D eigenvalue weighted by Crippen LogP contribution is -2.28. The fourth-order valence-corrected chi connectivity index (χ4v) is 4.66. The van der Waals surface area contributed by atoms with Crippen LogP contribution in [0.2, 0.25) is 0 Å². The number of hydrogen-bond acceptors (Lipinski definition) is 4. The SMILES string of the molecule is O=C(c1csc(-c2cccs2)n1)N1CCC(c2ccccc2F)C1. The van der Waals surface area contributed by atoms with Crippen molar-refractivity contribution in [3.05, 3.63) is 64.2 Å². The predicted molar refractivity (Wildman–Crippen MR) is 95.1 cm³/mol. The molecular weight excluding hydrogens is 343 g/mol. The first kappa shape index (κ1) is 15.5. The highest BCUT2D eigenvalue weighted by Crippen LogP contribution is 2.31. The van der Waals surface area contributed by atoms with Crippen LogP contribution in [0, 0.1) is 5.82 Å². The molecule has 0 spiro atoms. The average Bonchev–Trinajstić information content (AvgIpc) is 3.34. The zero-order valence-corrected chi connectivity index (χ0v) is 14.4. The van der Waals surface area contributed by atoms with E-state index in [1.807, 2.05) is 35.0 Å². The molecule has 122 valence electrons. The molecule has 2 aromatic heterocycles. The first-order chi connectivity index (χ1) is 11.7.